The summed E-state index contributed by atoms with van der Waals surface area (Å²) >= 11 is 0. The molecule has 2 aromatic rings. The van der Waals surface area contributed by atoms with Gasteiger partial charge in [0.25, 0.3) is 0 Å². The molecule has 6 nitrogen and oxygen atoms in total. The smallest absolute Gasteiger partial charge is 0.419 e. The Bertz CT molecular complexity index is 1050. The molecule has 0 aromatic heterocycles. The Hall–Kier alpha value is -2.69. The summed E-state index contributed by atoms with van der Waals surface area (Å²) in [5.41, 5.74) is 6.41. The number of piperazine rings is 1. The van der Waals surface area contributed by atoms with E-state index in [1.807, 2.05) is 6.07 Å². The summed E-state index contributed by atoms with van der Waals surface area (Å²) in [6.45, 7) is 7.79. The average Bonchev–Trinajstić information content (AvgIpc) is 2.86. The number of piperidine rings is 1. The second-order valence-corrected chi connectivity index (χ2v) is 9.96. The molecule has 2 N–H and O–H groups in total. The lowest BCUT2D eigenvalue weighted by Gasteiger charge is -2.38. The largest absolute Gasteiger partial charge is 0.489 e. The van der Waals surface area contributed by atoms with Crippen molar-refractivity contribution in [1.82, 2.24) is 14.7 Å². The Kier molecular flexibility index (Phi) is 9.04. The number of rotatable bonds is 9. The predicted molar refractivity (Wildman–Crippen MR) is 134 cm³/mol. The fourth-order valence-electron chi connectivity index (χ4n) is 5.10. The number of carbonyl (C=O) groups is 1. The molecule has 2 saturated heterocycles. The van der Waals surface area contributed by atoms with Crippen LogP contribution in [0.1, 0.15) is 29.5 Å². The third-order valence-corrected chi connectivity index (χ3v) is 7.23. The number of nitrogen functional groups attached to an aromatic ring is 1. The van der Waals surface area contributed by atoms with Gasteiger partial charge in [-0.2, -0.15) is 13.2 Å². The van der Waals surface area contributed by atoms with Gasteiger partial charge in [0.05, 0.1) is 12.1 Å². The number of alkyl halides is 3. The maximum atomic E-state index is 13.6. The lowest BCUT2D eigenvalue weighted by Crippen LogP contribution is -2.48. The SMILES string of the molecule is Nc1ccc(OCc2ccc(F)c(C(F)(F)F)c2)c(CN2CCN(CC3CCN(CC=O)CC3)CC2)c1. The average molecular weight is 523 g/mol. The molecule has 0 amide bonds. The molecule has 4 rings (SSSR count). The minimum Gasteiger partial charge on any atom is -0.489 e. The van der Waals surface area contributed by atoms with E-state index in [0.717, 1.165) is 82.6 Å². The minimum absolute atomic E-state index is 0.111. The topological polar surface area (TPSA) is 62.0 Å². The molecule has 2 aliphatic rings. The maximum Gasteiger partial charge on any atom is 0.419 e. The van der Waals surface area contributed by atoms with Gasteiger partial charge in [-0.25, -0.2) is 4.39 Å². The predicted octanol–water partition coefficient (Wildman–Crippen LogP) is 4.03. The number of hydrogen-bond donors (Lipinski definition) is 1. The van der Waals surface area contributed by atoms with E-state index in [4.69, 9.17) is 10.5 Å². The molecule has 202 valence electrons. The van der Waals surface area contributed by atoms with Crippen molar-refractivity contribution in [3.63, 3.8) is 0 Å². The number of ether oxygens (including phenoxy) is 1. The summed E-state index contributed by atoms with van der Waals surface area (Å²) < 4.78 is 58.6. The number of nitrogens with zero attached hydrogens (tertiary/aromatic N) is 3. The molecule has 37 heavy (non-hydrogen) atoms. The summed E-state index contributed by atoms with van der Waals surface area (Å²) in [5, 5.41) is 0. The van der Waals surface area contributed by atoms with Crippen LogP contribution >= 0.6 is 0 Å². The van der Waals surface area contributed by atoms with Gasteiger partial charge in [-0.05, 0) is 67.7 Å². The lowest BCUT2D eigenvalue weighted by molar-refractivity contribution is -0.140. The van der Waals surface area contributed by atoms with Crippen LogP contribution in [0.3, 0.4) is 0 Å². The van der Waals surface area contributed by atoms with Crippen LogP contribution in [0.4, 0.5) is 23.2 Å². The Labute approximate surface area is 215 Å². The van der Waals surface area contributed by atoms with Crippen molar-refractivity contribution in [3.8, 4) is 5.75 Å². The van der Waals surface area contributed by atoms with Crippen molar-refractivity contribution in [1.29, 1.82) is 0 Å². The Morgan fingerprint density at radius 3 is 2.32 bits per heavy atom. The molecule has 2 heterocycles. The summed E-state index contributed by atoms with van der Waals surface area (Å²) in [4.78, 5) is 17.7. The fourth-order valence-corrected chi connectivity index (χ4v) is 5.10. The Morgan fingerprint density at radius 1 is 0.946 bits per heavy atom. The first-order valence-electron chi connectivity index (χ1n) is 12.7. The zero-order valence-electron chi connectivity index (χ0n) is 20.9. The molecule has 2 fully saturated rings. The number of benzene rings is 2. The number of hydrogen-bond acceptors (Lipinski definition) is 6. The van der Waals surface area contributed by atoms with Crippen LogP contribution in [0.5, 0.6) is 5.75 Å². The van der Waals surface area contributed by atoms with Gasteiger partial charge in [0, 0.05) is 50.5 Å². The number of halogens is 4. The second kappa shape index (κ2) is 12.2. The maximum absolute atomic E-state index is 13.6. The highest BCUT2D eigenvalue weighted by molar-refractivity contribution is 5.52. The summed E-state index contributed by atoms with van der Waals surface area (Å²) in [5.74, 6) is -0.0868. The molecule has 2 aromatic carbocycles. The Balaban J connectivity index is 1.30. The number of anilines is 1. The van der Waals surface area contributed by atoms with Gasteiger partial charge in [-0.3, -0.25) is 9.80 Å². The number of aldehydes is 1. The number of likely N-dealkylation sites (tertiary alicyclic amines) is 1. The van der Waals surface area contributed by atoms with Crippen molar-refractivity contribution in [2.24, 2.45) is 5.92 Å². The van der Waals surface area contributed by atoms with Crippen molar-refractivity contribution in [3.05, 3.63) is 58.9 Å². The summed E-state index contributed by atoms with van der Waals surface area (Å²) in [7, 11) is 0. The molecule has 0 bridgehead atoms. The zero-order valence-corrected chi connectivity index (χ0v) is 20.9. The van der Waals surface area contributed by atoms with E-state index in [-0.39, 0.29) is 12.2 Å². The first kappa shape index (κ1) is 27.3. The first-order chi connectivity index (χ1) is 17.7. The van der Waals surface area contributed by atoms with Crippen LogP contribution < -0.4 is 10.5 Å². The minimum atomic E-state index is -4.76. The molecule has 2 aliphatic heterocycles. The van der Waals surface area contributed by atoms with Crippen LogP contribution in [-0.4, -0.2) is 73.3 Å². The highest BCUT2D eigenvalue weighted by Crippen LogP contribution is 2.32. The van der Waals surface area contributed by atoms with Crippen LogP contribution in [0, 0.1) is 11.7 Å². The van der Waals surface area contributed by atoms with Crippen LogP contribution in [0.2, 0.25) is 0 Å². The van der Waals surface area contributed by atoms with Crippen LogP contribution in [0.15, 0.2) is 36.4 Å². The van der Waals surface area contributed by atoms with Gasteiger partial charge >= 0.3 is 6.18 Å². The van der Waals surface area contributed by atoms with E-state index in [9.17, 15) is 22.4 Å². The van der Waals surface area contributed by atoms with E-state index in [2.05, 4.69) is 14.7 Å². The zero-order chi connectivity index (χ0) is 26.4. The molecular formula is C27H34F4N4O2. The van der Waals surface area contributed by atoms with E-state index in [1.54, 1.807) is 12.1 Å². The molecule has 10 heteroatoms. The first-order valence-corrected chi connectivity index (χ1v) is 12.7. The quantitative estimate of drug-likeness (QED) is 0.305. The highest BCUT2D eigenvalue weighted by atomic mass is 19.4. The van der Waals surface area contributed by atoms with Gasteiger partial charge in [-0.15, -0.1) is 0 Å². The van der Waals surface area contributed by atoms with Crippen LogP contribution in [-0.2, 0) is 24.1 Å². The standard InChI is InChI=1S/C27H34F4N4O2/c28-25-3-1-21(15-24(25)27(29,30)31)19-37-26-4-2-23(32)16-22(26)18-35-11-9-34(10-12-35)17-20-5-7-33(8-6-20)13-14-36/h1-4,14-16,20H,5-13,17-19,32H2. The fraction of sp³-hybridized carbons (Fsp3) is 0.519. The number of carbonyl (C=O) groups excluding carboxylic acids is 1. The van der Waals surface area contributed by atoms with Gasteiger partial charge in [0.1, 0.15) is 24.5 Å². The molecule has 0 spiro atoms. The van der Waals surface area contributed by atoms with Gasteiger partial charge in [-0.1, -0.05) is 6.07 Å². The van der Waals surface area contributed by atoms with Crippen molar-refractivity contribution >= 4 is 12.0 Å². The molecule has 0 atom stereocenters. The van der Waals surface area contributed by atoms with Crippen LogP contribution in [0.25, 0.3) is 0 Å². The normalized spacial score (nSPS) is 18.7. The van der Waals surface area contributed by atoms with E-state index < -0.39 is 17.6 Å². The van der Waals surface area contributed by atoms with Gasteiger partial charge in [0.2, 0.25) is 0 Å². The van der Waals surface area contributed by atoms with Crippen molar-refractivity contribution in [2.75, 3.05) is 58.1 Å². The molecule has 0 radical (unpaired) electrons. The van der Waals surface area contributed by atoms with Gasteiger partial charge in [0.15, 0.2) is 0 Å². The molecule has 0 saturated carbocycles. The highest BCUT2D eigenvalue weighted by Gasteiger charge is 2.34. The van der Waals surface area contributed by atoms with E-state index in [1.165, 1.54) is 6.07 Å². The molecule has 0 unspecified atom stereocenters. The summed E-state index contributed by atoms with van der Waals surface area (Å²) in [6, 6.07) is 8.17. The summed E-state index contributed by atoms with van der Waals surface area (Å²) in [6.07, 6.45) is -1.54. The monoisotopic (exact) mass is 522 g/mol. The third-order valence-electron chi connectivity index (χ3n) is 7.23. The van der Waals surface area contributed by atoms with E-state index >= 15 is 0 Å². The van der Waals surface area contributed by atoms with Gasteiger partial charge < -0.3 is 20.2 Å². The molecular weight excluding hydrogens is 488 g/mol. The van der Waals surface area contributed by atoms with Crippen molar-refractivity contribution in [2.45, 2.75) is 32.2 Å². The van der Waals surface area contributed by atoms with E-state index in [0.29, 0.717) is 30.4 Å². The third kappa shape index (κ3) is 7.66. The lowest BCUT2D eigenvalue weighted by atomic mass is 9.96. The Morgan fingerprint density at radius 2 is 1.65 bits per heavy atom. The molecule has 0 aliphatic carbocycles. The number of nitrogens with two attached hydrogens (primary N) is 1. The second-order valence-electron chi connectivity index (χ2n) is 9.96. The van der Waals surface area contributed by atoms with Crippen molar-refractivity contribution < 1.29 is 27.1 Å².